The number of hydrogen-bond acceptors (Lipinski definition) is 5. The number of methoxy groups -OCH3 is 2. The zero-order chi connectivity index (χ0) is 24.8. The number of unbranched alkanes of at least 4 members (excludes halogenated alkanes) is 1. The van der Waals surface area contributed by atoms with Gasteiger partial charge < -0.3 is 19.7 Å². The van der Waals surface area contributed by atoms with Crippen molar-refractivity contribution in [2.24, 2.45) is 17.8 Å². The third-order valence-corrected chi connectivity index (χ3v) is 6.46. The highest BCUT2D eigenvalue weighted by Crippen LogP contribution is 2.23. The fourth-order valence-electron chi connectivity index (χ4n) is 4.03. The van der Waals surface area contributed by atoms with Gasteiger partial charge in [-0.25, -0.2) is 0 Å². The Morgan fingerprint density at radius 1 is 0.938 bits per heavy atom. The molecule has 0 spiro atoms. The van der Waals surface area contributed by atoms with Gasteiger partial charge in [0.15, 0.2) is 0 Å². The third kappa shape index (κ3) is 10.9. The second kappa shape index (κ2) is 16.2. The number of carbonyl (C=O) groups is 3. The van der Waals surface area contributed by atoms with E-state index >= 15 is 0 Å². The number of ether oxygens (including phenoxy) is 2. The monoisotopic (exact) mass is 456 g/mol. The normalized spacial score (nSPS) is 16.2. The summed E-state index contributed by atoms with van der Waals surface area (Å²) in [6.07, 6.45) is 3.61. The second-order valence-electron chi connectivity index (χ2n) is 9.48. The Kier molecular flexibility index (Phi) is 15.4. The van der Waals surface area contributed by atoms with Crippen molar-refractivity contribution >= 4 is 17.6 Å². The summed E-state index contributed by atoms with van der Waals surface area (Å²) >= 11 is 0. The first-order valence-corrected chi connectivity index (χ1v) is 12.1. The maximum atomic E-state index is 12.7. The van der Waals surface area contributed by atoms with Gasteiger partial charge in [-0.2, -0.15) is 0 Å². The highest BCUT2D eigenvalue weighted by Gasteiger charge is 2.33. The molecule has 0 unspecified atom stereocenters. The first kappa shape index (κ1) is 30.5. The molecule has 2 amide bonds. The highest BCUT2D eigenvalue weighted by molar-refractivity contribution is 5.78. The van der Waals surface area contributed by atoms with Crippen LogP contribution in [0.5, 0.6) is 0 Å². The second-order valence-corrected chi connectivity index (χ2v) is 9.48. The van der Waals surface area contributed by atoms with Crippen LogP contribution in [-0.4, -0.2) is 68.6 Å². The van der Waals surface area contributed by atoms with Gasteiger partial charge in [-0.15, -0.1) is 0 Å². The minimum absolute atomic E-state index is 0.0738. The fraction of sp³-hybridized carbons (Fsp3) is 0.880. The van der Waals surface area contributed by atoms with Gasteiger partial charge in [0.25, 0.3) is 0 Å². The van der Waals surface area contributed by atoms with E-state index in [4.69, 9.17) is 9.47 Å². The number of carbonyl (C=O) groups excluding carboxylic acids is 3. The van der Waals surface area contributed by atoms with Gasteiger partial charge in [0.1, 0.15) is 5.78 Å². The van der Waals surface area contributed by atoms with Crippen LogP contribution in [0.4, 0.5) is 0 Å². The van der Waals surface area contributed by atoms with Crippen LogP contribution in [0.2, 0.25) is 0 Å². The standard InChI is InChI=1S/C25H48N2O5/c1-10-18(4)25(27(7)24(30)15-17(2)3)22(32-9)16-23(29)26-14-12-11-13-21(31-8)19(5)20(6)28/h17-19,21-22,25H,10-16H2,1-9H3,(H,26,29)/t18-,19-,21-,22+,25-/m0/s1. The molecule has 0 aliphatic carbocycles. The predicted molar refractivity (Wildman–Crippen MR) is 128 cm³/mol. The van der Waals surface area contributed by atoms with E-state index in [1.165, 1.54) is 0 Å². The van der Waals surface area contributed by atoms with Gasteiger partial charge in [-0.05, 0) is 38.0 Å². The first-order valence-electron chi connectivity index (χ1n) is 12.1. The number of amides is 2. The van der Waals surface area contributed by atoms with E-state index in [1.807, 2.05) is 27.8 Å². The van der Waals surface area contributed by atoms with Crippen molar-refractivity contribution in [2.45, 2.75) is 98.3 Å². The van der Waals surface area contributed by atoms with Crippen LogP contribution in [0, 0.1) is 17.8 Å². The molecule has 7 nitrogen and oxygen atoms in total. The van der Waals surface area contributed by atoms with Gasteiger partial charge in [0.2, 0.25) is 11.8 Å². The van der Waals surface area contributed by atoms with Crippen molar-refractivity contribution in [3.63, 3.8) is 0 Å². The average Bonchev–Trinajstić information content (AvgIpc) is 2.74. The number of ketones is 1. The minimum Gasteiger partial charge on any atom is -0.381 e. The van der Waals surface area contributed by atoms with Crippen molar-refractivity contribution in [1.82, 2.24) is 10.2 Å². The Bertz CT molecular complexity index is 567. The summed E-state index contributed by atoms with van der Waals surface area (Å²) in [5.41, 5.74) is 0. The van der Waals surface area contributed by atoms with Crippen molar-refractivity contribution in [3.05, 3.63) is 0 Å². The molecule has 32 heavy (non-hydrogen) atoms. The largest absolute Gasteiger partial charge is 0.381 e. The summed E-state index contributed by atoms with van der Waals surface area (Å²) in [6, 6.07) is -0.155. The predicted octanol–water partition coefficient (Wildman–Crippen LogP) is 3.84. The molecule has 0 saturated heterocycles. The fourth-order valence-corrected chi connectivity index (χ4v) is 4.03. The quantitative estimate of drug-likeness (QED) is 0.336. The summed E-state index contributed by atoms with van der Waals surface area (Å²) in [4.78, 5) is 38.6. The van der Waals surface area contributed by atoms with Crippen LogP contribution in [0.15, 0.2) is 0 Å². The number of hydrogen-bond donors (Lipinski definition) is 1. The Hall–Kier alpha value is -1.47. The van der Waals surface area contributed by atoms with E-state index in [1.54, 1.807) is 26.0 Å². The molecule has 0 aromatic rings. The molecule has 0 aromatic heterocycles. The molecule has 0 rings (SSSR count). The average molecular weight is 457 g/mol. The van der Waals surface area contributed by atoms with Crippen LogP contribution < -0.4 is 5.32 Å². The third-order valence-electron chi connectivity index (χ3n) is 6.46. The van der Waals surface area contributed by atoms with E-state index in [9.17, 15) is 14.4 Å². The van der Waals surface area contributed by atoms with Crippen LogP contribution in [-0.2, 0) is 23.9 Å². The van der Waals surface area contributed by atoms with Crippen molar-refractivity contribution in [3.8, 4) is 0 Å². The van der Waals surface area contributed by atoms with Gasteiger partial charge >= 0.3 is 0 Å². The van der Waals surface area contributed by atoms with E-state index in [0.29, 0.717) is 13.0 Å². The zero-order valence-electron chi connectivity index (χ0n) is 21.9. The van der Waals surface area contributed by atoms with Crippen LogP contribution >= 0.6 is 0 Å². The minimum atomic E-state index is -0.361. The van der Waals surface area contributed by atoms with E-state index in [0.717, 1.165) is 25.7 Å². The number of nitrogens with zero attached hydrogens (tertiary/aromatic N) is 1. The summed E-state index contributed by atoms with van der Waals surface area (Å²) in [6.45, 7) is 12.3. The molecule has 5 atom stereocenters. The van der Waals surface area contributed by atoms with E-state index in [2.05, 4.69) is 19.2 Å². The summed E-state index contributed by atoms with van der Waals surface area (Å²) in [5, 5.41) is 2.97. The zero-order valence-corrected chi connectivity index (χ0v) is 21.9. The summed E-state index contributed by atoms with van der Waals surface area (Å²) in [5.74, 6) is 0.509. The maximum absolute atomic E-state index is 12.7. The lowest BCUT2D eigenvalue weighted by Crippen LogP contribution is -2.50. The van der Waals surface area contributed by atoms with Crippen LogP contribution in [0.3, 0.4) is 0 Å². The van der Waals surface area contributed by atoms with Crippen LogP contribution in [0.1, 0.15) is 80.1 Å². The number of Topliss-reactive ketones (excluding diaryl/α,β-unsaturated/α-hetero) is 1. The van der Waals surface area contributed by atoms with Gasteiger partial charge in [-0.3, -0.25) is 14.4 Å². The smallest absolute Gasteiger partial charge is 0.222 e. The maximum Gasteiger partial charge on any atom is 0.222 e. The molecular formula is C25H48N2O5. The lowest BCUT2D eigenvalue weighted by atomic mass is 9.90. The van der Waals surface area contributed by atoms with Crippen molar-refractivity contribution in [1.29, 1.82) is 0 Å². The van der Waals surface area contributed by atoms with Gasteiger partial charge in [0.05, 0.1) is 24.7 Å². The molecule has 0 heterocycles. The van der Waals surface area contributed by atoms with Gasteiger partial charge in [0, 0.05) is 40.2 Å². The van der Waals surface area contributed by atoms with E-state index in [-0.39, 0.29) is 60.0 Å². The molecule has 0 bridgehead atoms. The lowest BCUT2D eigenvalue weighted by molar-refractivity contribution is -0.139. The Morgan fingerprint density at radius 2 is 1.53 bits per heavy atom. The first-order chi connectivity index (χ1) is 15.0. The Labute approximate surface area is 196 Å². The molecule has 0 radical (unpaired) electrons. The Balaban J connectivity index is 4.76. The molecule has 7 heteroatoms. The van der Waals surface area contributed by atoms with E-state index < -0.39 is 0 Å². The number of likely N-dealkylation sites (N-methyl/N-ethyl adjacent to an activating group) is 1. The molecule has 1 N–H and O–H groups in total. The van der Waals surface area contributed by atoms with Gasteiger partial charge in [-0.1, -0.05) is 41.0 Å². The SMILES string of the molecule is CC[C@H](C)[C@@H]([C@@H](CC(=O)NCCCC[C@H](OC)[C@@H](C)C(C)=O)OC)N(C)C(=O)CC(C)C. The topological polar surface area (TPSA) is 84.9 Å². The summed E-state index contributed by atoms with van der Waals surface area (Å²) < 4.78 is 11.1. The van der Waals surface area contributed by atoms with Crippen molar-refractivity contribution < 1.29 is 23.9 Å². The van der Waals surface area contributed by atoms with Crippen LogP contribution in [0.25, 0.3) is 0 Å². The molecule has 0 saturated carbocycles. The number of rotatable bonds is 17. The summed E-state index contributed by atoms with van der Waals surface area (Å²) in [7, 11) is 5.06. The molecule has 0 aliphatic heterocycles. The lowest BCUT2D eigenvalue weighted by Gasteiger charge is -2.38. The number of nitrogens with one attached hydrogen (secondary N) is 1. The van der Waals surface area contributed by atoms with Crippen molar-refractivity contribution in [2.75, 3.05) is 27.8 Å². The molecule has 0 aromatic carbocycles. The molecular weight excluding hydrogens is 408 g/mol. The Morgan fingerprint density at radius 3 is 2.00 bits per heavy atom. The molecule has 0 aliphatic rings. The molecule has 0 fully saturated rings. The molecule has 188 valence electrons. The highest BCUT2D eigenvalue weighted by atomic mass is 16.5.